The maximum absolute atomic E-state index is 12.7. The zero-order valence-electron chi connectivity index (χ0n) is 13.6. The van der Waals surface area contributed by atoms with Crippen LogP contribution >= 0.6 is 34.5 Å². The Labute approximate surface area is 159 Å². The van der Waals surface area contributed by atoms with Gasteiger partial charge in [0.25, 0.3) is 10.0 Å². The van der Waals surface area contributed by atoms with E-state index in [0.717, 1.165) is 17.1 Å². The van der Waals surface area contributed by atoms with Crippen LogP contribution in [0.3, 0.4) is 0 Å². The predicted octanol–water partition coefficient (Wildman–Crippen LogP) is 5.44. The van der Waals surface area contributed by atoms with Crippen LogP contribution in [0.4, 0.5) is 5.13 Å². The molecule has 0 atom stereocenters. The standard InChI is InChI=1S/C16H14Cl2N2O3S2/c1-8-4-11(17)6-13(18)15(8)25(21,22)20-16-19-14(7-24-16)12-5-9(2)23-10(12)3/h4-7H,1-3H3,(H,19,20). The van der Waals surface area contributed by atoms with Crippen molar-refractivity contribution in [2.75, 3.05) is 4.72 Å². The number of rotatable bonds is 4. The Morgan fingerprint density at radius 2 is 1.88 bits per heavy atom. The molecule has 1 N–H and O–H groups in total. The molecule has 0 aliphatic rings. The first-order chi connectivity index (χ1) is 11.7. The highest BCUT2D eigenvalue weighted by atomic mass is 35.5. The molecule has 0 spiro atoms. The lowest BCUT2D eigenvalue weighted by Gasteiger charge is -2.10. The molecule has 0 saturated heterocycles. The fourth-order valence-corrected chi connectivity index (χ4v) is 5.68. The van der Waals surface area contributed by atoms with Gasteiger partial charge < -0.3 is 4.42 Å². The van der Waals surface area contributed by atoms with Crippen LogP contribution in [0.15, 0.2) is 32.9 Å². The van der Waals surface area contributed by atoms with E-state index < -0.39 is 10.0 Å². The van der Waals surface area contributed by atoms with E-state index >= 15 is 0 Å². The Kier molecular flexibility index (Phi) is 4.85. The molecule has 1 aromatic carbocycles. The minimum Gasteiger partial charge on any atom is -0.466 e. The number of nitrogens with one attached hydrogen (secondary N) is 1. The zero-order chi connectivity index (χ0) is 18.4. The molecule has 3 aromatic rings. The second-order valence-electron chi connectivity index (χ2n) is 5.50. The van der Waals surface area contributed by atoms with Gasteiger partial charge in [0.1, 0.15) is 16.4 Å². The summed E-state index contributed by atoms with van der Waals surface area (Å²) in [6.45, 7) is 5.32. The van der Waals surface area contributed by atoms with Crippen molar-refractivity contribution >= 4 is 49.7 Å². The van der Waals surface area contributed by atoms with Gasteiger partial charge in [0.05, 0.1) is 10.7 Å². The third-order valence-electron chi connectivity index (χ3n) is 3.51. The van der Waals surface area contributed by atoms with Crippen molar-refractivity contribution < 1.29 is 12.8 Å². The summed E-state index contributed by atoms with van der Waals surface area (Å²) < 4.78 is 33.3. The van der Waals surface area contributed by atoms with Crippen molar-refractivity contribution in [2.24, 2.45) is 0 Å². The summed E-state index contributed by atoms with van der Waals surface area (Å²) in [6, 6.07) is 4.81. The quantitative estimate of drug-likeness (QED) is 0.614. The fourth-order valence-electron chi connectivity index (χ4n) is 2.52. The lowest BCUT2D eigenvalue weighted by atomic mass is 10.2. The highest BCUT2D eigenvalue weighted by Gasteiger charge is 2.23. The Hall–Kier alpha value is -1.54. The van der Waals surface area contributed by atoms with E-state index in [9.17, 15) is 8.42 Å². The number of aromatic nitrogens is 1. The highest BCUT2D eigenvalue weighted by Crippen LogP contribution is 2.33. The number of nitrogens with zero attached hydrogens (tertiary/aromatic N) is 1. The number of hydrogen-bond acceptors (Lipinski definition) is 5. The lowest BCUT2D eigenvalue weighted by molar-refractivity contribution is 0.505. The molecule has 0 radical (unpaired) electrons. The summed E-state index contributed by atoms with van der Waals surface area (Å²) in [6.07, 6.45) is 0. The Morgan fingerprint density at radius 1 is 1.16 bits per heavy atom. The van der Waals surface area contributed by atoms with Gasteiger partial charge >= 0.3 is 0 Å². The van der Waals surface area contributed by atoms with Gasteiger partial charge in [0.2, 0.25) is 0 Å². The van der Waals surface area contributed by atoms with Gasteiger partial charge in [-0.3, -0.25) is 4.72 Å². The average Bonchev–Trinajstić information content (AvgIpc) is 3.02. The van der Waals surface area contributed by atoms with E-state index in [-0.39, 0.29) is 15.0 Å². The molecule has 0 aliphatic carbocycles. The molecule has 0 unspecified atom stereocenters. The fraction of sp³-hybridized carbons (Fsp3) is 0.188. The second kappa shape index (κ2) is 6.64. The molecule has 0 amide bonds. The van der Waals surface area contributed by atoms with Crippen molar-refractivity contribution in [3.63, 3.8) is 0 Å². The van der Waals surface area contributed by atoms with Crippen LogP contribution in [-0.2, 0) is 10.0 Å². The summed E-state index contributed by atoms with van der Waals surface area (Å²) in [4.78, 5) is 4.33. The first kappa shape index (κ1) is 18.3. The summed E-state index contributed by atoms with van der Waals surface area (Å²) >= 11 is 13.2. The Balaban J connectivity index is 1.94. The Morgan fingerprint density at radius 3 is 2.48 bits per heavy atom. The van der Waals surface area contributed by atoms with Gasteiger partial charge in [-0.2, -0.15) is 0 Å². The summed E-state index contributed by atoms with van der Waals surface area (Å²) in [5.74, 6) is 1.50. The van der Waals surface area contributed by atoms with Crippen LogP contribution in [0.2, 0.25) is 10.0 Å². The average molecular weight is 417 g/mol. The van der Waals surface area contributed by atoms with Crippen molar-refractivity contribution in [1.82, 2.24) is 4.98 Å². The molecule has 132 valence electrons. The molecule has 0 fully saturated rings. The maximum Gasteiger partial charge on any atom is 0.265 e. The number of hydrogen-bond donors (Lipinski definition) is 1. The van der Waals surface area contributed by atoms with E-state index in [2.05, 4.69) is 9.71 Å². The van der Waals surface area contributed by atoms with Crippen LogP contribution < -0.4 is 4.72 Å². The highest BCUT2D eigenvalue weighted by molar-refractivity contribution is 7.93. The van der Waals surface area contributed by atoms with E-state index in [1.54, 1.807) is 18.4 Å². The third-order valence-corrected chi connectivity index (χ3v) is 6.56. The van der Waals surface area contributed by atoms with Crippen molar-refractivity contribution in [1.29, 1.82) is 0 Å². The van der Waals surface area contributed by atoms with E-state index in [1.165, 1.54) is 17.4 Å². The number of aryl methyl sites for hydroxylation is 3. The van der Waals surface area contributed by atoms with Gasteiger partial charge in [-0.25, -0.2) is 13.4 Å². The monoisotopic (exact) mass is 416 g/mol. The molecule has 5 nitrogen and oxygen atoms in total. The number of benzene rings is 1. The summed E-state index contributed by atoms with van der Waals surface area (Å²) in [5.41, 5.74) is 1.94. The normalized spacial score (nSPS) is 11.7. The van der Waals surface area contributed by atoms with Crippen LogP contribution in [0.25, 0.3) is 11.3 Å². The molecule has 2 heterocycles. The summed E-state index contributed by atoms with van der Waals surface area (Å²) in [5, 5.41) is 2.46. The molecule has 0 aliphatic heterocycles. The van der Waals surface area contributed by atoms with Gasteiger partial charge in [-0.15, -0.1) is 11.3 Å². The minimum absolute atomic E-state index is 0.00865. The molecular weight excluding hydrogens is 403 g/mol. The first-order valence-corrected chi connectivity index (χ1v) is 10.3. The number of halogens is 2. The van der Waals surface area contributed by atoms with Crippen molar-refractivity contribution in [3.8, 4) is 11.3 Å². The van der Waals surface area contributed by atoms with Gasteiger partial charge in [0, 0.05) is 16.0 Å². The van der Waals surface area contributed by atoms with E-state index in [0.29, 0.717) is 16.3 Å². The number of anilines is 1. The smallest absolute Gasteiger partial charge is 0.265 e. The minimum atomic E-state index is -3.88. The number of furan rings is 1. The largest absolute Gasteiger partial charge is 0.466 e. The lowest BCUT2D eigenvalue weighted by Crippen LogP contribution is -2.14. The summed E-state index contributed by atoms with van der Waals surface area (Å²) in [7, 11) is -3.88. The molecule has 3 rings (SSSR count). The van der Waals surface area contributed by atoms with Crippen LogP contribution in [0.5, 0.6) is 0 Å². The van der Waals surface area contributed by atoms with Gasteiger partial charge in [0.15, 0.2) is 5.13 Å². The third kappa shape index (κ3) is 3.69. The molecule has 9 heteroatoms. The first-order valence-electron chi connectivity index (χ1n) is 7.19. The topological polar surface area (TPSA) is 72.2 Å². The zero-order valence-corrected chi connectivity index (χ0v) is 16.7. The Bertz CT molecular complexity index is 1030. The van der Waals surface area contributed by atoms with Crippen LogP contribution in [0.1, 0.15) is 17.1 Å². The number of sulfonamides is 1. The van der Waals surface area contributed by atoms with E-state index in [1.807, 2.05) is 19.9 Å². The number of thiazole rings is 1. The molecule has 25 heavy (non-hydrogen) atoms. The predicted molar refractivity (Wildman–Crippen MR) is 101 cm³/mol. The molecule has 0 bridgehead atoms. The van der Waals surface area contributed by atoms with Gasteiger partial charge in [-0.05, 0) is 44.5 Å². The SMILES string of the molecule is Cc1cc(-c2csc(NS(=O)(=O)c3c(C)cc(Cl)cc3Cl)n2)c(C)o1. The van der Waals surface area contributed by atoms with Crippen LogP contribution in [-0.4, -0.2) is 13.4 Å². The van der Waals surface area contributed by atoms with Crippen molar-refractivity contribution in [3.05, 3.63) is 50.7 Å². The van der Waals surface area contributed by atoms with Gasteiger partial charge in [-0.1, -0.05) is 23.2 Å². The van der Waals surface area contributed by atoms with Crippen LogP contribution in [0, 0.1) is 20.8 Å². The maximum atomic E-state index is 12.7. The molecule has 2 aromatic heterocycles. The second-order valence-corrected chi connectivity index (χ2v) is 8.82. The molecule has 0 saturated carbocycles. The molecular formula is C16H14Cl2N2O3S2. The van der Waals surface area contributed by atoms with Crippen molar-refractivity contribution in [2.45, 2.75) is 25.7 Å². The van der Waals surface area contributed by atoms with E-state index in [4.69, 9.17) is 27.6 Å².